The number of carbonyl (C=O) groups is 1. The van der Waals surface area contributed by atoms with E-state index in [1.807, 2.05) is 7.05 Å². The lowest BCUT2D eigenvalue weighted by atomic mass is 10.0. The van der Waals surface area contributed by atoms with E-state index in [4.69, 9.17) is 5.73 Å². The third-order valence-corrected chi connectivity index (χ3v) is 3.33. The van der Waals surface area contributed by atoms with Crippen molar-refractivity contribution in [2.24, 2.45) is 11.7 Å². The predicted molar refractivity (Wildman–Crippen MR) is 87.4 cm³/mol. The number of rotatable bonds is 8. The molecule has 0 aromatic rings. The van der Waals surface area contributed by atoms with Crippen molar-refractivity contribution in [2.75, 3.05) is 33.2 Å². The Hall–Kier alpha value is -0.0300. The highest BCUT2D eigenvalue weighted by Crippen LogP contribution is 2.04. The Morgan fingerprint density at radius 1 is 1.16 bits per heavy atom. The van der Waals surface area contributed by atoms with Gasteiger partial charge in [0.1, 0.15) is 0 Å². The summed E-state index contributed by atoms with van der Waals surface area (Å²) in [5.74, 6) is 0.658. The van der Waals surface area contributed by atoms with Crippen molar-refractivity contribution in [1.29, 1.82) is 0 Å². The van der Waals surface area contributed by atoms with Crippen LogP contribution in [-0.2, 0) is 4.79 Å². The quantitative estimate of drug-likeness (QED) is 0.745. The van der Waals surface area contributed by atoms with Crippen molar-refractivity contribution < 1.29 is 4.79 Å². The molecule has 19 heavy (non-hydrogen) atoms. The summed E-state index contributed by atoms with van der Waals surface area (Å²) in [6.07, 6.45) is 0.873. The fourth-order valence-corrected chi connectivity index (χ4v) is 1.56. The Morgan fingerprint density at radius 3 is 2.00 bits per heavy atom. The van der Waals surface area contributed by atoms with Crippen LogP contribution in [0.25, 0.3) is 0 Å². The Morgan fingerprint density at radius 2 is 1.63 bits per heavy atom. The number of hydrogen-bond acceptors (Lipinski definition) is 3. The van der Waals surface area contributed by atoms with E-state index in [0.29, 0.717) is 12.5 Å². The van der Waals surface area contributed by atoms with Crippen molar-refractivity contribution in [2.45, 2.75) is 40.2 Å². The maximum atomic E-state index is 11.9. The van der Waals surface area contributed by atoms with Crippen LogP contribution in [-0.4, -0.2) is 55.0 Å². The summed E-state index contributed by atoms with van der Waals surface area (Å²) >= 11 is 0. The molecule has 1 amide bonds. The monoisotopic (exact) mass is 315 g/mol. The summed E-state index contributed by atoms with van der Waals surface area (Å²) in [7, 11) is 1.86. The van der Waals surface area contributed by atoms with Crippen molar-refractivity contribution in [3.8, 4) is 0 Å². The summed E-state index contributed by atoms with van der Waals surface area (Å²) in [6, 6.07) is 0.179. The van der Waals surface area contributed by atoms with E-state index in [2.05, 4.69) is 32.6 Å². The van der Waals surface area contributed by atoms with Gasteiger partial charge in [-0.1, -0.05) is 27.7 Å². The Kier molecular flexibility index (Phi) is 16.4. The zero-order valence-electron chi connectivity index (χ0n) is 12.9. The highest BCUT2D eigenvalue weighted by Gasteiger charge is 2.14. The van der Waals surface area contributed by atoms with Crippen LogP contribution in [0.3, 0.4) is 0 Å². The molecule has 0 aromatic carbocycles. The minimum absolute atomic E-state index is 0. The molecule has 6 heteroatoms. The van der Waals surface area contributed by atoms with Gasteiger partial charge in [0, 0.05) is 19.6 Å². The second kappa shape index (κ2) is 13.0. The SMILES string of the molecule is CCN(CC)CC(=O)N(C)CCC(N)C(C)C.Cl.Cl. The molecule has 0 fully saturated rings. The number of halogens is 2. The van der Waals surface area contributed by atoms with Crippen molar-refractivity contribution >= 4 is 30.7 Å². The Balaban J connectivity index is -0.00000128. The van der Waals surface area contributed by atoms with Crippen LogP contribution in [0, 0.1) is 5.92 Å². The van der Waals surface area contributed by atoms with Gasteiger partial charge in [-0.05, 0) is 25.4 Å². The molecule has 1 unspecified atom stereocenters. The van der Waals surface area contributed by atoms with E-state index in [1.165, 1.54) is 0 Å². The molecule has 0 saturated carbocycles. The third kappa shape index (κ3) is 10.4. The Bertz CT molecular complexity index is 224. The zero-order chi connectivity index (χ0) is 13.4. The fourth-order valence-electron chi connectivity index (χ4n) is 1.56. The molecule has 0 aliphatic heterocycles. The van der Waals surface area contributed by atoms with Gasteiger partial charge in [0.15, 0.2) is 0 Å². The molecule has 118 valence electrons. The Labute approximate surface area is 130 Å². The molecule has 0 aliphatic carbocycles. The van der Waals surface area contributed by atoms with Gasteiger partial charge in [-0.3, -0.25) is 9.69 Å². The number of nitrogens with zero attached hydrogens (tertiary/aromatic N) is 2. The summed E-state index contributed by atoms with van der Waals surface area (Å²) in [5.41, 5.74) is 5.97. The summed E-state index contributed by atoms with van der Waals surface area (Å²) in [4.78, 5) is 15.8. The van der Waals surface area contributed by atoms with Gasteiger partial charge in [0.2, 0.25) is 5.91 Å². The molecule has 0 rings (SSSR count). The maximum Gasteiger partial charge on any atom is 0.236 e. The summed E-state index contributed by atoms with van der Waals surface area (Å²) < 4.78 is 0. The molecule has 4 nitrogen and oxygen atoms in total. The molecule has 0 bridgehead atoms. The highest BCUT2D eigenvalue weighted by molar-refractivity contribution is 5.85. The van der Waals surface area contributed by atoms with Gasteiger partial charge >= 0.3 is 0 Å². The van der Waals surface area contributed by atoms with Crippen LogP contribution >= 0.6 is 24.8 Å². The molecule has 0 heterocycles. The molecular formula is C13H31Cl2N3O. The molecule has 0 radical (unpaired) electrons. The summed E-state index contributed by atoms with van der Waals surface area (Å²) in [5, 5.41) is 0. The van der Waals surface area contributed by atoms with E-state index < -0.39 is 0 Å². The molecular weight excluding hydrogens is 285 g/mol. The molecule has 0 aliphatic rings. The first-order chi connectivity index (χ1) is 7.92. The number of likely N-dealkylation sites (N-methyl/N-ethyl adjacent to an activating group) is 2. The van der Waals surface area contributed by atoms with E-state index in [9.17, 15) is 4.79 Å². The van der Waals surface area contributed by atoms with Crippen LogP contribution in [0.2, 0.25) is 0 Å². The minimum atomic E-state index is 0. The molecule has 0 aromatic heterocycles. The number of carbonyl (C=O) groups excluding carboxylic acids is 1. The second-order valence-electron chi connectivity index (χ2n) is 4.97. The van der Waals surface area contributed by atoms with E-state index >= 15 is 0 Å². The minimum Gasteiger partial charge on any atom is -0.345 e. The van der Waals surface area contributed by atoms with Crippen molar-refractivity contribution in [3.05, 3.63) is 0 Å². The molecule has 1 atom stereocenters. The van der Waals surface area contributed by atoms with Gasteiger partial charge in [-0.25, -0.2) is 0 Å². The van der Waals surface area contributed by atoms with Gasteiger partial charge in [-0.15, -0.1) is 24.8 Å². The first-order valence-electron chi connectivity index (χ1n) is 6.64. The number of hydrogen-bond donors (Lipinski definition) is 1. The van der Waals surface area contributed by atoms with E-state index in [0.717, 1.165) is 26.1 Å². The fraction of sp³-hybridized carbons (Fsp3) is 0.923. The normalized spacial score (nSPS) is 11.8. The smallest absolute Gasteiger partial charge is 0.236 e. The lowest BCUT2D eigenvalue weighted by Gasteiger charge is -2.24. The van der Waals surface area contributed by atoms with Gasteiger partial charge in [-0.2, -0.15) is 0 Å². The largest absolute Gasteiger partial charge is 0.345 e. The van der Waals surface area contributed by atoms with E-state index in [1.54, 1.807) is 4.90 Å². The predicted octanol–water partition coefficient (Wildman–Crippen LogP) is 2.00. The molecule has 0 saturated heterocycles. The van der Waals surface area contributed by atoms with Crippen molar-refractivity contribution in [3.63, 3.8) is 0 Å². The zero-order valence-corrected chi connectivity index (χ0v) is 14.5. The number of nitrogens with two attached hydrogens (primary N) is 1. The average molecular weight is 316 g/mol. The number of amides is 1. The van der Waals surface area contributed by atoms with Crippen molar-refractivity contribution in [1.82, 2.24) is 9.80 Å². The second-order valence-corrected chi connectivity index (χ2v) is 4.97. The summed E-state index contributed by atoms with van der Waals surface area (Å²) in [6.45, 7) is 11.5. The van der Waals surface area contributed by atoms with Crippen LogP contribution in [0.5, 0.6) is 0 Å². The first kappa shape index (κ1) is 24.0. The van der Waals surface area contributed by atoms with Gasteiger partial charge < -0.3 is 10.6 Å². The molecule has 0 spiro atoms. The van der Waals surface area contributed by atoms with Gasteiger partial charge in [0.05, 0.1) is 6.54 Å². The van der Waals surface area contributed by atoms with Crippen LogP contribution in [0.1, 0.15) is 34.1 Å². The topological polar surface area (TPSA) is 49.6 Å². The van der Waals surface area contributed by atoms with Crippen LogP contribution in [0.15, 0.2) is 0 Å². The third-order valence-electron chi connectivity index (χ3n) is 3.33. The van der Waals surface area contributed by atoms with E-state index in [-0.39, 0.29) is 36.8 Å². The standard InChI is InChI=1S/C13H29N3O.2ClH/c1-6-16(7-2)10-13(17)15(5)9-8-12(14)11(3)4;;/h11-12H,6-10,14H2,1-5H3;2*1H. The highest BCUT2D eigenvalue weighted by atomic mass is 35.5. The first-order valence-corrected chi connectivity index (χ1v) is 6.64. The average Bonchev–Trinajstić information content (AvgIpc) is 2.31. The lowest BCUT2D eigenvalue weighted by Crippen LogP contribution is -2.40. The lowest BCUT2D eigenvalue weighted by molar-refractivity contribution is -0.131. The molecule has 2 N–H and O–H groups in total. The van der Waals surface area contributed by atoms with Crippen LogP contribution < -0.4 is 5.73 Å². The maximum absolute atomic E-state index is 11.9. The van der Waals surface area contributed by atoms with Crippen LogP contribution in [0.4, 0.5) is 0 Å². The van der Waals surface area contributed by atoms with Gasteiger partial charge in [0.25, 0.3) is 0 Å².